The number of hydrogen-bond acceptors (Lipinski definition) is 4. The monoisotopic (exact) mass is 249 g/mol. The van der Waals surface area contributed by atoms with Crippen molar-refractivity contribution in [3.63, 3.8) is 0 Å². The van der Waals surface area contributed by atoms with Gasteiger partial charge >= 0.3 is 5.97 Å². The number of aromatic carboxylic acids is 1. The van der Waals surface area contributed by atoms with Crippen molar-refractivity contribution in [2.45, 2.75) is 6.42 Å². The Morgan fingerprint density at radius 2 is 2.28 bits per heavy atom. The number of ether oxygens (including phenoxy) is 1. The number of carbonyl (C=O) groups is 1. The average Bonchev–Trinajstić information content (AvgIpc) is 2.95. The molecular weight excluding hydrogens is 241 g/mol. The molecule has 0 saturated heterocycles. The number of aromatic nitrogens is 1. The van der Waals surface area contributed by atoms with Gasteiger partial charge < -0.3 is 14.4 Å². The fraction of sp³-hybridized carbons (Fsp3) is 0.167. The van der Waals surface area contributed by atoms with Gasteiger partial charge in [-0.1, -0.05) is 5.16 Å². The van der Waals surface area contributed by atoms with Crippen LogP contribution >= 0.6 is 0 Å². The molecule has 3 rings (SSSR count). The molecule has 1 aromatic carbocycles. The van der Waals surface area contributed by atoms with Crippen LogP contribution in [0.15, 0.2) is 22.7 Å². The molecule has 5 nitrogen and oxygen atoms in total. The largest absolute Gasteiger partial charge is 0.493 e. The van der Waals surface area contributed by atoms with E-state index >= 15 is 0 Å². The Balaban J connectivity index is 2.16. The lowest BCUT2D eigenvalue weighted by atomic mass is 10.0. The molecular formula is C12H8FNO4. The number of benzene rings is 1. The first kappa shape index (κ1) is 10.8. The molecule has 1 aliphatic rings. The molecule has 0 aliphatic carbocycles. The molecule has 0 atom stereocenters. The van der Waals surface area contributed by atoms with Crippen molar-refractivity contribution in [1.29, 1.82) is 0 Å². The lowest BCUT2D eigenvalue weighted by molar-refractivity contribution is 0.0686. The molecule has 1 aromatic heterocycles. The van der Waals surface area contributed by atoms with Gasteiger partial charge in [0.25, 0.3) is 0 Å². The van der Waals surface area contributed by atoms with Crippen LogP contribution in [0, 0.1) is 5.82 Å². The summed E-state index contributed by atoms with van der Waals surface area (Å²) in [6.45, 7) is 0.478. The van der Waals surface area contributed by atoms with E-state index in [0.717, 1.165) is 0 Å². The van der Waals surface area contributed by atoms with Crippen LogP contribution in [0.2, 0.25) is 0 Å². The van der Waals surface area contributed by atoms with Crippen molar-refractivity contribution in [1.82, 2.24) is 5.16 Å². The summed E-state index contributed by atoms with van der Waals surface area (Å²) in [5.74, 6) is -0.992. The highest BCUT2D eigenvalue weighted by molar-refractivity contribution is 5.86. The minimum atomic E-state index is -1.21. The third-order valence-corrected chi connectivity index (χ3v) is 2.80. The standard InChI is InChI=1S/C12H8FNO4/c13-7-1-2-9-6(3-4-17-9)11(7)10-5-8(12(15)16)14-18-10/h1-2,5H,3-4H2,(H,15,16). The molecule has 0 bridgehead atoms. The quantitative estimate of drug-likeness (QED) is 0.882. The molecule has 18 heavy (non-hydrogen) atoms. The maximum atomic E-state index is 13.9. The number of nitrogens with zero attached hydrogens (tertiary/aromatic N) is 1. The van der Waals surface area contributed by atoms with Crippen molar-refractivity contribution >= 4 is 5.97 Å². The second-order valence-corrected chi connectivity index (χ2v) is 3.88. The molecule has 92 valence electrons. The smallest absolute Gasteiger partial charge is 0.358 e. The SMILES string of the molecule is O=C(O)c1cc(-c2c(F)ccc3c2CCO3)on1. The first-order valence-corrected chi connectivity index (χ1v) is 5.31. The van der Waals surface area contributed by atoms with Crippen molar-refractivity contribution in [2.24, 2.45) is 0 Å². The van der Waals surface area contributed by atoms with E-state index in [9.17, 15) is 9.18 Å². The van der Waals surface area contributed by atoms with Gasteiger partial charge in [-0.05, 0) is 12.1 Å². The van der Waals surface area contributed by atoms with Gasteiger partial charge in [0.15, 0.2) is 11.5 Å². The van der Waals surface area contributed by atoms with Crippen LogP contribution in [0.25, 0.3) is 11.3 Å². The van der Waals surface area contributed by atoms with E-state index in [2.05, 4.69) is 5.16 Å². The predicted molar refractivity (Wildman–Crippen MR) is 58.1 cm³/mol. The molecule has 0 amide bonds. The molecule has 0 saturated carbocycles. The van der Waals surface area contributed by atoms with E-state index in [4.69, 9.17) is 14.4 Å². The zero-order valence-electron chi connectivity index (χ0n) is 9.14. The maximum absolute atomic E-state index is 13.9. The first-order chi connectivity index (χ1) is 8.66. The Hall–Kier alpha value is -2.37. The summed E-state index contributed by atoms with van der Waals surface area (Å²) in [5.41, 5.74) is 0.661. The number of fused-ring (bicyclic) bond motifs is 1. The lowest BCUT2D eigenvalue weighted by Crippen LogP contribution is -1.94. The van der Waals surface area contributed by atoms with Gasteiger partial charge in [0.2, 0.25) is 0 Å². The molecule has 0 radical (unpaired) electrons. The Morgan fingerprint density at radius 1 is 1.44 bits per heavy atom. The molecule has 6 heteroatoms. The molecule has 1 aliphatic heterocycles. The summed E-state index contributed by atoms with van der Waals surface area (Å²) in [5, 5.41) is 12.1. The van der Waals surface area contributed by atoms with Crippen LogP contribution in [0.4, 0.5) is 4.39 Å². The van der Waals surface area contributed by atoms with Crippen LogP contribution in [-0.4, -0.2) is 22.8 Å². The number of carboxylic acids is 1. The van der Waals surface area contributed by atoms with E-state index in [1.807, 2.05) is 0 Å². The van der Waals surface area contributed by atoms with Gasteiger partial charge in [-0.2, -0.15) is 0 Å². The summed E-state index contributed by atoms with van der Waals surface area (Å²) in [7, 11) is 0. The van der Waals surface area contributed by atoms with Gasteiger partial charge in [-0.15, -0.1) is 0 Å². The normalized spacial score (nSPS) is 13.2. The fourth-order valence-corrected chi connectivity index (χ4v) is 2.01. The molecule has 0 fully saturated rings. The van der Waals surface area contributed by atoms with E-state index < -0.39 is 11.8 Å². The minimum Gasteiger partial charge on any atom is -0.493 e. The second-order valence-electron chi connectivity index (χ2n) is 3.88. The number of hydrogen-bond donors (Lipinski definition) is 1. The molecule has 1 N–H and O–H groups in total. The Labute approximate surface area is 101 Å². The van der Waals surface area contributed by atoms with Crippen molar-refractivity contribution in [3.05, 3.63) is 35.3 Å². The number of carboxylic acid groups (broad SMARTS) is 1. The molecule has 2 heterocycles. The van der Waals surface area contributed by atoms with Crippen LogP contribution in [0.3, 0.4) is 0 Å². The van der Waals surface area contributed by atoms with E-state index in [1.54, 1.807) is 6.07 Å². The van der Waals surface area contributed by atoms with Gasteiger partial charge in [0.05, 0.1) is 12.2 Å². The molecule has 2 aromatic rings. The average molecular weight is 249 g/mol. The summed E-state index contributed by atoms with van der Waals surface area (Å²) in [6, 6.07) is 4.03. The minimum absolute atomic E-state index is 0.104. The zero-order chi connectivity index (χ0) is 12.7. The Bertz CT molecular complexity index is 635. The third-order valence-electron chi connectivity index (χ3n) is 2.80. The van der Waals surface area contributed by atoms with E-state index in [-0.39, 0.29) is 17.0 Å². The highest BCUT2D eigenvalue weighted by Gasteiger charge is 2.24. The van der Waals surface area contributed by atoms with Crippen molar-refractivity contribution in [3.8, 4) is 17.1 Å². The summed E-state index contributed by atoms with van der Waals surface area (Å²) < 4.78 is 24.1. The van der Waals surface area contributed by atoms with E-state index in [0.29, 0.717) is 24.3 Å². The molecule has 0 spiro atoms. The lowest BCUT2D eigenvalue weighted by Gasteiger charge is -2.04. The Kier molecular flexibility index (Phi) is 2.29. The predicted octanol–water partition coefficient (Wildman–Crippen LogP) is 2.11. The van der Waals surface area contributed by atoms with Crippen molar-refractivity contribution in [2.75, 3.05) is 6.61 Å². The zero-order valence-corrected chi connectivity index (χ0v) is 9.14. The van der Waals surface area contributed by atoms with Crippen molar-refractivity contribution < 1.29 is 23.6 Å². The van der Waals surface area contributed by atoms with Gasteiger partial charge in [0.1, 0.15) is 11.6 Å². The number of halogens is 1. The van der Waals surface area contributed by atoms with Gasteiger partial charge in [0, 0.05) is 18.1 Å². The third kappa shape index (κ3) is 1.54. The molecule has 0 unspecified atom stereocenters. The fourth-order valence-electron chi connectivity index (χ4n) is 2.01. The van der Waals surface area contributed by atoms with Crippen LogP contribution in [0.1, 0.15) is 16.1 Å². The number of rotatable bonds is 2. The maximum Gasteiger partial charge on any atom is 0.358 e. The summed E-state index contributed by atoms with van der Waals surface area (Å²) >= 11 is 0. The van der Waals surface area contributed by atoms with Crippen LogP contribution in [0.5, 0.6) is 5.75 Å². The Morgan fingerprint density at radius 3 is 3.00 bits per heavy atom. The highest BCUT2D eigenvalue weighted by atomic mass is 19.1. The summed E-state index contributed by atoms with van der Waals surface area (Å²) in [4.78, 5) is 10.7. The van der Waals surface area contributed by atoms with Gasteiger partial charge in [-0.25, -0.2) is 9.18 Å². The second kappa shape index (κ2) is 3.83. The van der Waals surface area contributed by atoms with Crippen LogP contribution in [-0.2, 0) is 6.42 Å². The topological polar surface area (TPSA) is 72.6 Å². The highest BCUT2D eigenvalue weighted by Crippen LogP contribution is 2.36. The first-order valence-electron chi connectivity index (χ1n) is 5.31. The van der Waals surface area contributed by atoms with E-state index in [1.165, 1.54) is 12.1 Å². The van der Waals surface area contributed by atoms with Crippen LogP contribution < -0.4 is 4.74 Å². The summed E-state index contributed by atoms with van der Waals surface area (Å²) in [6.07, 6.45) is 0.561. The van der Waals surface area contributed by atoms with Gasteiger partial charge in [-0.3, -0.25) is 0 Å².